The van der Waals surface area contributed by atoms with Crippen LogP contribution in [0.4, 0.5) is 5.69 Å². The van der Waals surface area contributed by atoms with E-state index >= 15 is 0 Å². The highest BCUT2D eigenvalue weighted by Gasteiger charge is 2.17. The molecule has 26 heavy (non-hydrogen) atoms. The van der Waals surface area contributed by atoms with E-state index in [2.05, 4.69) is 26.2 Å². The molecule has 3 rings (SSSR count). The number of carbonyl (C=O) groups is 1. The zero-order chi connectivity index (χ0) is 19.0. The molecule has 0 aliphatic rings. The number of carbonyl (C=O) groups excluding carboxylic acids is 1. The number of benzene rings is 2. The standard InChI is InChI=1S/C16H8BrCl4N3O2/c17-7-1-2-11-8(3-7)16(26)24(6-22-11)5-12(25)23-15-13(20)9(18)4-10(19)14(15)21/h1-4,6H,5H2,(H,23,25). The van der Waals surface area contributed by atoms with Gasteiger partial charge in [-0.05, 0) is 24.3 Å². The summed E-state index contributed by atoms with van der Waals surface area (Å²) in [5, 5.41) is 3.32. The topological polar surface area (TPSA) is 64.0 Å². The van der Waals surface area contributed by atoms with Crippen molar-refractivity contribution in [2.75, 3.05) is 5.32 Å². The maximum Gasteiger partial charge on any atom is 0.261 e. The van der Waals surface area contributed by atoms with Crippen molar-refractivity contribution < 1.29 is 4.79 Å². The maximum absolute atomic E-state index is 12.5. The highest BCUT2D eigenvalue weighted by molar-refractivity contribution is 9.10. The quantitative estimate of drug-likeness (QED) is 0.494. The fourth-order valence-electron chi connectivity index (χ4n) is 2.26. The zero-order valence-corrected chi connectivity index (χ0v) is 17.3. The lowest BCUT2D eigenvalue weighted by Crippen LogP contribution is -2.28. The third-order valence-corrected chi connectivity index (χ3v) is 5.54. The lowest BCUT2D eigenvalue weighted by molar-refractivity contribution is -0.116. The number of nitrogens with zero attached hydrogens (tertiary/aromatic N) is 2. The van der Waals surface area contributed by atoms with E-state index in [1.807, 2.05) is 0 Å². The molecule has 0 bridgehead atoms. The van der Waals surface area contributed by atoms with Gasteiger partial charge in [0.15, 0.2) is 0 Å². The van der Waals surface area contributed by atoms with Gasteiger partial charge in [-0.1, -0.05) is 62.3 Å². The predicted molar refractivity (Wildman–Crippen MR) is 109 cm³/mol. The molecule has 0 atom stereocenters. The summed E-state index contributed by atoms with van der Waals surface area (Å²) in [6.07, 6.45) is 1.30. The summed E-state index contributed by atoms with van der Waals surface area (Å²) in [5.41, 5.74) is 0.260. The molecule has 134 valence electrons. The number of fused-ring (bicyclic) bond motifs is 1. The summed E-state index contributed by atoms with van der Waals surface area (Å²) in [6, 6.07) is 6.50. The van der Waals surface area contributed by atoms with Crippen molar-refractivity contribution in [2.45, 2.75) is 6.54 Å². The van der Waals surface area contributed by atoms with E-state index in [-0.39, 0.29) is 37.9 Å². The average molecular weight is 496 g/mol. The molecule has 1 N–H and O–H groups in total. The first-order valence-corrected chi connectivity index (χ1v) is 9.36. The summed E-state index contributed by atoms with van der Waals surface area (Å²) in [4.78, 5) is 29.1. The Morgan fingerprint density at radius 2 is 1.77 bits per heavy atom. The van der Waals surface area contributed by atoms with Gasteiger partial charge in [0.25, 0.3) is 5.56 Å². The van der Waals surface area contributed by atoms with E-state index in [0.29, 0.717) is 10.9 Å². The van der Waals surface area contributed by atoms with Crippen LogP contribution in [0.5, 0.6) is 0 Å². The molecule has 0 fully saturated rings. The van der Waals surface area contributed by atoms with Crippen LogP contribution in [-0.4, -0.2) is 15.5 Å². The Morgan fingerprint density at radius 1 is 1.12 bits per heavy atom. The summed E-state index contributed by atoms with van der Waals surface area (Å²) in [7, 11) is 0. The van der Waals surface area contributed by atoms with Gasteiger partial charge in [-0.15, -0.1) is 0 Å². The van der Waals surface area contributed by atoms with E-state index in [1.54, 1.807) is 18.2 Å². The molecule has 1 aromatic heterocycles. The van der Waals surface area contributed by atoms with Gasteiger partial charge in [0.05, 0.1) is 43.0 Å². The summed E-state index contributed by atoms with van der Waals surface area (Å²) in [5.74, 6) is -0.537. The molecule has 0 unspecified atom stereocenters. The van der Waals surface area contributed by atoms with Crippen molar-refractivity contribution in [1.29, 1.82) is 0 Å². The number of nitrogens with one attached hydrogen (secondary N) is 1. The first kappa shape index (κ1) is 19.5. The van der Waals surface area contributed by atoms with Crippen LogP contribution in [0.15, 0.2) is 39.9 Å². The number of anilines is 1. The Kier molecular flexibility index (Phi) is 5.79. The van der Waals surface area contributed by atoms with Gasteiger partial charge < -0.3 is 5.32 Å². The van der Waals surface area contributed by atoms with Crippen LogP contribution in [0, 0.1) is 0 Å². The van der Waals surface area contributed by atoms with Gasteiger partial charge in [0.1, 0.15) is 6.54 Å². The highest BCUT2D eigenvalue weighted by Crippen LogP contribution is 2.40. The zero-order valence-electron chi connectivity index (χ0n) is 12.7. The third-order valence-electron chi connectivity index (χ3n) is 3.48. The Labute approximate surface area is 176 Å². The Morgan fingerprint density at radius 3 is 2.42 bits per heavy atom. The van der Waals surface area contributed by atoms with Crippen molar-refractivity contribution in [3.05, 3.63) is 65.5 Å². The van der Waals surface area contributed by atoms with Gasteiger partial charge >= 0.3 is 0 Å². The number of amides is 1. The van der Waals surface area contributed by atoms with Crippen molar-refractivity contribution in [1.82, 2.24) is 9.55 Å². The number of halogens is 5. The van der Waals surface area contributed by atoms with Crippen molar-refractivity contribution in [3.8, 4) is 0 Å². The molecule has 0 saturated heterocycles. The van der Waals surface area contributed by atoms with Crippen molar-refractivity contribution in [2.24, 2.45) is 0 Å². The first-order valence-electron chi connectivity index (χ1n) is 7.05. The number of aromatic nitrogens is 2. The van der Waals surface area contributed by atoms with Crippen LogP contribution in [0.1, 0.15) is 0 Å². The first-order chi connectivity index (χ1) is 12.3. The Bertz CT molecular complexity index is 1070. The number of rotatable bonds is 3. The normalized spacial score (nSPS) is 11.0. The molecule has 0 aliphatic heterocycles. The average Bonchev–Trinajstić information content (AvgIpc) is 2.60. The lowest BCUT2D eigenvalue weighted by Gasteiger charge is -2.12. The highest BCUT2D eigenvalue weighted by atomic mass is 79.9. The third kappa shape index (κ3) is 3.85. The smallest absolute Gasteiger partial charge is 0.261 e. The summed E-state index contributed by atoms with van der Waals surface area (Å²) in [6.45, 7) is -0.287. The fourth-order valence-corrected chi connectivity index (χ4v) is 3.53. The molecule has 0 radical (unpaired) electrons. The Balaban J connectivity index is 1.91. The minimum atomic E-state index is -0.537. The van der Waals surface area contributed by atoms with E-state index in [4.69, 9.17) is 46.4 Å². The molecule has 2 aromatic carbocycles. The van der Waals surface area contributed by atoms with Crippen LogP contribution in [0.25, 0.3) is 10.9 Å². The van der Waals surface area contributed by atoms with Crippen molar-refractivity contribution in [3.63, 3.8) is 0 Å². The maximum atomic E-state index is 12.5. The molecule has 10 heteroatoms. The minimum Gasteiger partial charge on any atom is -0.322 e. The molecule has 0 aliphatic carbocycles. The van der Waals surface area contributed by atoms with Crippen LogP contribution < -0.4 is 10.9 Å². The molecule has 0 saturated carbocycles. The van der Waals surface area contributed by atoms with Crippen LogP contribution >= 0.6 is 62.3 Å². The number of hydrogen-bond acceptors (Lipinski definition) is 3. The predicted octanol–water partition coefficient (Wildman–Crippen LogP) is 5.41. The summed E-state index contributed by atoms with van der Waals surface area (Å²) < 4.78 is 1.91. The monoisotopic (exact) mass is 493 g/mol. The summed E-state index contributed by atoms with van der Waals surface area (Å²) >= 11 is 27.3. The van der Waals surface area contributed by atoms with Crippen LogP contribution in [-0.2, 0) is 11.3 Å². The second kappa shape index (κ2) is 7.74. The van der Waals surface area contributed by atoms with Crippen molar-refractivity contribution >= 4 is 84.8 Å². The minimum absolute atomic E-state index is 0.0577. The SMILES string of the molecule is O=C(Cn1cnc2ccc(Br)cc2c1=O)Nc1c(Cl)c(Cl)cc(Cl)c1Cl. The number of hydrogen-bond donors (Lipinski definition) is 1. The second-order valence-electron chi connectivity index (χ2n) is 5.23. The van der Waals surface area contributed by atoms with Gasteiger partial charge in [0.2, 0.25) is 5.91 Å². The van der Waals surface area contributed by atoms with Gasteiger partial charge in [-0.3, -0.25) is 14.2 Å². The Hall–Kier alpha value is -1.31. The van der Waals surface area contributed by atoms with E-state index in [0.717, 1.165) is 4.47 Å². The molecular weight excluding hydrogens is 488 g/mol. The van der Waals surface area contributed by atoms with Gasteiger partial charge in [0, 0.05) is 4.47 Å². The molecular formula is C16H8BrCl4N3O2. The largest absolute Gasteiger partial charge is 0.322 e. The van der Waals surface area contributed by atoms with E-state index < -0.39 is 5.91 Å². The molecule has 5 nitrogen and oxygen atoms in total. The van der Waals surface area contributed by atoms with E-state index in [1.165, 1.54) is 17.0 Å². The molecule has 0 spiro atoms. The molecule has 1 amide bonds. The fraction of sp³-hybridized carbons (Fsp3) is 0.0625. The van der Waals surface area contributed by atoms with E-state index in [9.17, 15) is 9.59 Å². The van der Waals surface area contributed by atoms with Gasteiger partial charge in [-0.2, -0.15) is 0 Å². The van der Waals surface area contributed by atoms with Crippen LogP contribution in [0.2, 0.25) is 20.1 Å². The second-order valence-corrected chi connectivity index (χ2v) is 7.72. The van der Waals surface area contributed by atoms with Crippen LogP contribution in [0.3, 0.4) is 0 Å². The molecule has 3 aromatic rings. The van der Waals surface area contributed by atoms with Gasteiger partial charge in [-0.25, -0.2) is 4.98 Å². The lowest BCUT2D eigenvalue weighted by atomic mass is 10.2. The molecule has 1 heterocycles.